The standard InChI is InChI=1S/C16H20ClN3O/c1-4-7-18-10-14-5-6-15(20-19-14)21-16-11(2)8-13(17)9-12(16)3/h5-6,8-9,18H,4,7,10H2,1-3H3. The van der Waals surface area contributed by atoms with E-state index in [-0.39, 0.29) is 0 Å². The van der Waals surface area contributed by atoms with Crippen molar-refractivity contribution in [3.05, 3.63) is 46.1 Å². The van der Waals surface area contributed by atoms with Crippen LogP contribution >= 0.6 is 11.6 Å². The fourth-order valence-corrected chi connectivity index (χ4v) is 2.38. The largest absolute Gasteiger partial charge is 0.437 e. The second kappa shape index (κ2) is 7.38. The summed E-state index contributed by atoms with van der Waals surface area (Å²) >= 11 is 6.02. The van der Waals surface area contributed by atoms with Crippen molar-refractivity contribution in [3.63, 3.8) is 0 Å². The maximum absolute atomic E-state index is 6.02. The van der Waals surface area contributed by atoms with Gasteiger partial charge >= 0.3 is 0 Å². The number of ether oxygens (including phenoxy) is 1. The van der Waals surface area contributed by atoms with Crippen molar-refractivity contribution in [3.8, 4) is 11.6 Å². The fourth-order valence-electron chi connectivity index (χ4n) is 2.05. The molecule has 0 atom stereocenters. The van der Waals surface area contributed by atoms with Crippen LogP contribution in [0.4, 0.5) is 0 Å². The summed E-state index contributed by atoms with van der Waals surface area (Å²) in [5, 5.41) is 12.3. The van der Waals surface area contributed by atoms with Gasteiger partial charge in [0.05, 0.1) is 5.69 Å². The van der Waals surface area contributed by atoms with Crippen molar-refractivity contribution < 1.29 is 4.74 Å². The molecule has 112 valence electrons. The van der Waals surface area contributed by atoms with Crippen LogP contribution in [0, 0.1) is 13.8 Å². The lowest BCUT2D eigenvalue weighted by molar-refractivity contribution is 0.446. The Kier molecular flexibility index (Phi) is 5.53. The average molecular weight is 306 g/mol. The first-order valence-electron chi connectivity index (χ1n) is 7.08. The Hall–Kier alpha value is -1.65. The number of aromatic nitrogens is 2. The lowest BCUT2D eigenvalue weighted by Gasteiger charge is -2.11. The maximum Gasteiger partial charge on any atom is 0.238 e. The monoisotopic (exact) mass is 305 g/mol. The number of nitrogens with one attached hydrogen (secondary N) is 1. The topological polar surface area (TPSA) is 47.0 Å². The second-order valence-corrected chi connectivity index (χ2v) is 5.45. The van der Waals surface area contributed by atoms with E-state index in [1.54, 1.807) is 0 Å². The zero-order chi connectivity index (χ0) is 15.2. The highest BCUT2D eigenvalue weighted by Crippen LogP contribution is 2.30. The van der Waals surface area contributed by atoms with Crippen LogP contribution in [-0.4, -0.2) is 16.7 Å². The molecule has 0 amide bonds. The zero-order valence-corrected chi connectivity index (χ0v) is 13.4. The van der Waals surface area contributed by atoms with E-state index in [0.29, 0.717) is 10.9 Å². The molecule has 1 N–H and O–H groups in total. The van der Waals surface area contributed by atoms with E-state index in [1.807, 2.05) is 38.1 Å². The summed E-state index contributed by atoms with van der Waals surface area (Å²) < 4.78 is 5.82. The number of nitrogens with zero attached hydrogens (tertiary/aromatic N) is 2. The number of hydrogen-bond acceptors (Lipinski definition) is 4. The van der Waals surface area contributed by atoms with Crippen molar-refractivity contribution in [1.29, 1.82) is 0 Å². The molecule has 0 unspecified atom stereocenters. The van der Waals surface area contributed by atoms with Crippen LogP contribution in [0.15, 0.2) is 24.3 Å². The van der Waals surface area contributed by atoms with Crippen LogP contribution in [0.3, 0.4) is 0 Å². The summed E-state index contributed by atoms with van der Waals surface area (Å²) in [5.41, 5.74) is 2.87. The van der Waals surface area contributed by atoms with Gasteiger partial charge in [-0.05, 0) is 56.1 Å². The predicted octanol–water partition coefficient (Wildman–Crippen LogP) is 4.04. The van der Waals surface area contributed by atoms with Crippen LogP contribution < -0.4 is 10.1 Å². The third-order valence-electron chi connectivity index (χ3n) is 3.06. The first kappa shape index (κ1) is 15.7. The molecule has 1 heterocycles. The van der Waals surface area contributed by atoms with Gasteiger partial charge in [-0.15, -0.1) is 5.10 Å². The van der Waals surface area contributed by atoms with Gasteiger partial charge in [-0.1, -0.05) is 18.5 Å². The molecule has 0 saturated carbocycles. The Bertz CT molecular complexity index is 576. The van der Waals surface area contributed by atoms with Gasteiger partial charge in [0, 0.05) is 17.6 Å². The highest BCUT2D eigenvalue weighted by molar-refractivity contribution is 6.30. The SMILES string of the molecule is CCCNCc1ccc(Oc2c(C)cc(Cl)cc2C)nn1. The number of halogens is 1. The quantitative estimate of drug-likeness (QED) is 0.818. The van der Waals surface area contributed by atoms with Crippen LogP contribution in [0.25, 0.3) is 0 Å². The minimum atomic E-state index is 0.489. The van der Waals surface area contributed by atoms with Crippen molar-refractivity contribution in [2.24, 2.45) is 0 Å². The van der Waals surface area contributed by atoms with Crippen LogP contribution in [-0.2, 0) is 6.54 Å². The molecule has 0 saturated heterocycles. The normalized spacial score (nSPS) is 10.7. The summed E-state index contributed by atoms with van der Waals surface area (Å²) in [7, 11) is 0. The van der Waals surface area contributed by atoms with E-state index in [9.17, 15) is 0 Å². The lowest BCUT2D eigenvalue weighted by Crippen LogP contribution is -2.15. The minimum absolute atomic E-state index is 0.489. The maximum atomic E-state index is 6.02. The Labute approximate surface area is 130 Å². The molecule has 4 nitrogen and oxygen atoms in total. The lowest BCUT2D eigenvalue weighted by atomic mass is 10.1. The predicted molar refractivity (Wildman–Crippen MR) is 85.0 cm³/mol. The van der Waals surface area contributed by atoms with Crippen molar-refractivity contribution >= 4 is 11.6 Å². The molecule has 2 rings (SSSR count). The molecule has 5 heteroatoms. The van der Waals surface area contributed by atoms with E-state index in [2.05, 4.69) is 22.4 Å². The Morgan fingerprint density at radius 1 is 1.14 bits per heavy atom. The molecule has 0 fully saturated rings. The third kappa shape index (κ3) is 4.41. The first-order chi connectivity index (χ1) is 10.1. The average Bonchev–Trinajstić information content (AvgIpc) is 2.44. The Balaban J connectivity index is 2.07. The summed E-state index contributed by atoms with van der Waals surface area (Å²) in [5.74, 6) is 1.27. The fraction of sp³-hybridized carbons (Fsp3) is 0.375. The van der Waals surface area contributed by atoms with E-state index in [4.69, 9.17) is 16.3 Å². The zero-order valence-electron chi connectivity index (χ0n) is 12.6. The molecule has 0 radical (unpaired) electrons. The van der Waals surface area contributed by atoms with E-state index >= 15 is 0 Å². The van der Waals surface area contributed by atoms with E-state index in [1.165, 1.54) is 0 Å². The molecule has 0 bridgehead atoms. The summed E-state index contributed by atoms with van der Waals surface area (Å²) in [6.45, 7) is 7.75. The summed E-state index contributed by atoms with van der Waals surface area (Å²) in [4.78, 5) is 0. The van der Waals surface area contributed by atoms with Crippen LogP contribution in [0.5, 0.6) is 11.6 Å². The smallest absolute Gasteiger partial charge is 0.238 e. The molecule has 0 aliphatic heterocycles. The Morgan fingerprint density at radius 3 is 2.43 bits per heavy atom. The molecule has 1 aromatic heterocycles. The minimum Gasteiger partial charge on any atom is -0.437 e. The molecule has 1 aromatic carbocycles. The van der Waals surface area contributed by atoms with Crippen LogP contribution in [0.1, 0.15) is 30.2 Å². The van der Waals surface area contributed by atoms with Gasteiger partial charge in [0.2, 0.25) is 5.88 Å². The molecular formula is C16H20ClN3O. The van der Waals surface area contributed by atoms with Crippen molar-refractivity contribution in [1.82, 2.24) is 15.5 Å². The van der Waals surface area contributed by atoms with Gasteiger partial charge in [0.1, 0.15) is 5.75 Å². The molecule has 0 aliphatic rings. The summed E-state index contributed by atoms with van der Waals surface area (Å²) in [6.07, 6.45) is 1.10. The van der Waals surface area contributed by atoms with Gasteiger partial charge in [-0.2, -0.15) is 5.10 Å². The molecule has 0 spiro atoms. The van der Waals surface area contributed by atoms with Crippen molar-refractivity contribution in [2.45, 2.75) is 33.7 Å². The molecule has 0 aliphatic carbocycles. The van der Waals surface area contributed by atoms with E-state index in [0.717, 1.165) is 42.1 Å². The number of benzene rings is 1. The van der Waals surface area contributed by atoms with E-state index < -0.39 is 0 Å². The molecule has 2 aromatic rings. The highest BCUT2D eigenvalue weighted by Gasteiger charge is 2.08. The third-order valence-corrected chi connectivity index (χ3v) is 3.28. The number of aryl methyl sites for hydroxylation is 2. The first-order valence-corrected chi connectivity index (χ1v) is 7.46. The molecular weight excluding hydrogens is 286 g/mol. The number of rotatable bonds is 6. The Morgan fingerprint density at radius 2 is 1.86 bits per heavy atom. The molecule has 21 heavy (non-hydrogen) atoms. The number of hydrogen-bond donors (Lipinski definition) is 1. The highest BCUT2D eigenvalue weighted by atomic mass is 35.5. The van der Waals surface area contributed by atoms with Gasteiger partial charge in [-0.25, -0.2) is 0 Å². The van der Waals surface area contributed by atoms with Gasteiger partial charge in [0.25, 0.3) is 0 Å². The van der Waals surface area contributed by atoms with Crippen molar-refractivity contribution in [2.75, 3.05) is 6.54 Å². The second-order valence-electron chi connectivity index (χ2n) is 5.01. The summed E-state index contributed by atoms with van der Waals surface area (Å²) in [6, 6.07) is 7.51. The van der Waals surface area contributed by atoms with Gasteiger partial charge in [-0.3, -0.25) is 0 Å². The van der Waals surface area contributed by atoms with Crippen LogP contribution in [0.2, 0.25) is 5.02 Å². The van der Waals surface area contributed by atoms with Gasteiger partial charge in [0.15, 0.2) is 0 Å². The van der Waals surface area contributed by atoms with Gasteiger partial charge < -0.3 is 10.1 Å².